The van der Waals surface area contributed by atoms with Crippen molar-refractivity contribution >= 4 is 10.4 Å². The van der Waals surface area contributed by atoms with Crippen LogP contribution in [0.15, 0.2) is 12.2 Å². The van der Waals surface area contributed by atoms with E-state index in [1.807, 2.05) is 0 Å². The lowest BCUT2D eigenvalue weighted by atomic mass is 10.1. The van der Waals surface area contributed by atoms with Gasteiger partial charge >= 0.3 is 10.4 Å². The smallest absolute Gasteiger partial charge is 0.252 e. The summed E-state index contributed by atoms with van der Waals surface area (Å²) in [7, 11) is -2.64. The summed E-state index contributed by atoms with van der Waals surface area (Å²) >= 11 is 0. The Bertz CT molecular complexity index is 377. The molecule has 0 spiro atoms. The summed E-state index contributed by atoms with van der Waals surface area (Å²) in [4.78, 5) is 0. The first-order valence-electron chi connectivity index (χ1n) is 9.72. The third-order valence-electron chi connectivity index (χ3n) is 4.09. The van der Waals surface area contributed by atoms with Crippen LogP contribution in [0.4, 0.5) is 0 Å². The lowest BCUT2D eigenvalue weighted by molar-refractivity contribution is 0.238. The average Bonchev–Trinajstić information content (AvgIpc) is 2.57. The minimum absolute atomic E-state index is 0.220. The zero-order valence-electron chi connectivity index (χ0n) is 15.8. The predicted octanol–water partition coefficient (Wildman–Crippen LogP) is 5.93. The van der Waals surface area contributed by atoms with E-state index in [9.17, 15) is 8.42 Å². The monoisotopic (exact) mass is 362 g/mol. The Morgan fingerprint density at radius 3 is 1.67 bits per heavy atom. The molecule has 0 N–H and O–H groups in total. The summed E-state index contributed by atoms with van der Waals surface area (Å²) in [5.74, 6) is 0. The van der Waals surface area contributed by atoms with Gasteiger partial charge in [-0.1, -0.05) is 76.9 Å². The summed E-state index contributed by atoms with van der Waals surface area (Å²) < 4.78 is 30.7. The van der Waals surface area contributed by atoms with Gasteiger partial charge in [-0.25, -0.2) is 4.18 Å². The number of allylic oxidation sites excluding steroid dienone is 2. The molecule has 5 heteroatoms. The maximum absolute atomic E-state index is 10.9. The van der Waals surface area contributed by atoms with Crippen LogP contribution in [0.3, 0.4) is 0 Å². The predicted molar refractivity (Wildman–Crippen MR) is 101 cm³/mol. The van der Waals surface area contributed by atoms with Gasteiger partial charge in [-0.05, 0) is 32.1 Å². The largest absolute Gasteiger partial charge is 0.399 e. The Labute approximate surface area is 150 Å². The van der Waals surface area contributed by atoms with Gasteiger partial charge in [0.2, 0.25) is 0 Å². The van der Waals surface area contributed by atoms with Gasteiger partial charge in [0.1, 0.15) is 0 Å². The van der Waals surface area contributed by atoms with Crippen LogP contribution in [0, 0.1) is 0 Å². The molecule has 0 heterocycles. The molecule has 0 rings (SSSR count). The van der Waals surface area contributed by atoms with Crippen molar-refractivity contribution in [3.05, 3.63) is 12.2 Å². The van der Waals surface area contributed by atoms with Crippen molar-refractivity contribution in [1.29, 1.82) is 0 Å². The van der Waals surface area contributed by atoms with Gasteiger partial charge < -0.3 is 0 Å². The van der Waals surface area contributed by atoms with Crippen LogP contribution >= 0.6 is 0 Å². The van der Waals surface area contributed by atoms with E-state index in [1.54, 1.807) is 0 Å². The number of rotatable bonds is 18. The number of unbranched alkanes of at least 4 members (excludes halogenated alkanes) is 12. The molecule has 0 aromatic heterocycles. The fraction of sp³-hybridized carbons (Fsp3) is 0.895. The zero-order chi connectivity index (χ0) is 17.9. The Hall–Kier alpha value is -0.390. The molecule has 4 nitrogen and oxygen atoms in total. The molecule has 0 fully saturated rings. The lowest BCUT2D eigenvalue weighted by Crippen LogP contribution is -2.08. The first kappa shape index (κ1) is 23.6. The quantitative estimate of drug-likeness (QED) is 0.224. The second-order valence-corrected chi connectivity index (χ2v) is 7.72. The Kier molecular flexibility index (Phi) is 17.2. The maximum atomic E-state index is 10.9. The van der Waals surface area contributed by atoms with E-state index in [0.29, 0.717) is 0 Å². The van der Waals surface area contributed by atoms with Crippen LogP contribution in [0.2, 0.25) is 0 Å². The second kappa shape index (κ2) is 17.4. The molecule has 0 saturated heterocycles. The molecule has 0 unspecified atom stereocenters. The third kappa shape index (κ3) is 18.0. The van der Waals surface area contributed by atoms with Gasteiger partial charge in [0, 0.05) is 0 Å². The summed E-state index contributed by atoms with van der Waals surface area (Å²) in [5, 5.41) is 0. The second-order valence-electron chi connectivity index (χ2n) is 6.33. The zero-order valence-corrected chi connectivity index (χ0v) is 16.6. The highest BCUT2D eigenvalue weighted by atomic mass is 32.3. The highest BCUT2D eigenvalue weighted by molar-refractivity contribution is 7.81. The van der Waals surface area contributed by atoms with Crippen molar-refractivity contribution < 1.29 is 16.8 Å². The van der Waals surface area contributed by atoms with Crippen molar-refractivity contribution in [2.45, 2.75) is 96.8 Å². The molecule has 0 aromatic rings. The SMILES string of the molecule is CCCCCCCC/C=C\CCCCCCCCOS(=O)(=O)OC. The molecule has 0 radical (unpaired) electrons. The van der Waals surface area contributed by atoms with E-state index in [2.05, 4.69) is 27.4 Å². The summed E-state index contributed by atoms with van der Waals surface area (Å²) in [6.45, 7) is 2.48. The van der Waals surface area contributed by atoms with Gasteiger partial charge in [-0.15, -0.1) is 0 Å². The fourth-order valence-electron chi connectivity index (χ4n) is 2.56. The van der Waals surface area contributed by atoms with Crippen LogP contribution in [0.5, 0.6) is 0 Å². The van der Waals surface area contributed by atoms with Gasteiger partial charge in [0.25, 0.3) is 0 Å². The molecule has 0 saturated carbocycles. The fourth-order valence-corrected chi connectivity index (χ4v) is 2.98. The normalized spacial score (nSPS) is 12.2. The molecule has 0 aliphatic carbocycles. The molecule has 0 aromatic carbocycles. The van der Waals surface area contributed by atoms with E-state index in [-0.39, 0.29) is 6.61 Å². The van der Waals surface area contributed by atoms with Crippen molar-refractivity contribution in [2.24, 2.45) is 0 Å². The number of hydrogen-bond donors (Lipinski definition) is 0. The molecule has 0 atom stereocenters. The molecule has 0 aliphatic rings. The van der Waals surface area contributed by atoms with E-state index in [0.717, 1.165) is 26.4 Å². The molecular formula is C19H38O4S. The maximum Gasteiger partial charge on any atom is 0.399 e. The third-order valence-corrected chi connectivity index (χ3v) is 4.95. The minimum atomic E-state index is -3.75. The Balaban J connectivity index is 3.18. The summed E-state index contributed by atoms with van der Waals surface area (Å²) in [6, 6.07) is 0. The van der Waals surface area contributed by atoms with E-state index < -0.39 is 10.4 Å². The minimum Gasteiger partial charge on any atom is -0.252 e. The molecule has 0 bridgehead atoms. The lowest BCUT2D eigenvalue weighted by Gasteiger charge is -2.03. The van der Waals surface area contributed by atoms with Crippen molar-refractivity contribution in [1.82, 2.24) is 0 Å². The molecule has 24 heavy (non-hydrogen) atoms. The number of hydrogen-bond acceptors (Lipinski definition) is 4. The summed E-state index contributed by atoms with van der Waals surface area (Å²) in [6.07, 6.45) is 21.9. The van der Waals surface area contributed by atoms with Gasteiger partial charge in [0.15, 0.2) is 0 Å². The van der Waals surface area contributed by atoms with Crippen LogP contribution in [-0.4, -0.2) is 22.1 Å². The highest BCUT2D eigenvalue weighted by Crippen LogP contribution is 2.10. The summed E-state index contributed by atoms with van der Waals surface area (Å²) in [5.41, 5.74) is 0. The van der Waals surface area contributed by atoms with Crippen molar-refractivity contribution in [3.8, 4) is 0 Å². The Morgan fingerprint density at radius 1 is 0.708 bits per heavy atom. The van der Waals surface area contributed by atoms with E-state index >= 15 is 0 Å². The highest BCUT2D eigenvalue weighted by Gasteiger charge is 2.07. The molecule has 0 amide bonds. The van der Waals surface area contributed by atoms with Crippen molar-refractivity contribution in [3.63, 3.8) is 0 Å². The van der Waals surface area contributed by atoms with E-state index in [4.69, 9.17) is 0 Å². The van der Waals surface area contributed by atoms with Crippen LogP contribution in [-0.2, 0) is 18.8 Å². The standard InChI is InChI=1S/C19H38O4S/c1-3-4-5-6-7-8-9-10-11-12-13-14-15-16-17-18-19-23-24(20,21)22-2/h10-11H,3-9,12-19H2,1-2H3/b11-10-. The molecule has 0 aliphatic heterocycles. The van der Waals surface area contributed by atoms with Crippen LogP contribution in [0.1, 0.15) is 96.8 Å². The first-order chi connectivity index (χ1) is 11.6. The Morgan fingerprint density at radius 2 is 1.17 bits per heavy atom. The topological polar surface area (TPSA) is 52.6 Å². The van der Waals surface area contributed by atoms with E-state index in [1.165, 1.54) is 70.6 Å². The molecule has 144 valence electrons. The van der Waals surface area contributed by atoms with Gasteiger partial charge in [0.05, 0.1) is 13.7 Å². The van der Waals surface area contributed by atoms with Crippen LogP contribution in [0.25, 0.3) is 0 Å². The van der Waals surface area contributed by atoms with Gasteiger partial charge in [-0.2, -0.15) is 8.42 Å². The average molecular weight is 363 g/mol. The van der Waals surface area contributed by atoms with Crippen molar-refractivity contribution in [2.75, 3.05) is 13.7 Å². The van der Waals surface area contributed by atoms with Gasteiger partial charge in [-0.3, -0.25) is 4.18 Å². The molecular weight excluding hydrogens is 324 g/mol. The first-order valence-corrected chi connectivity index (χ1v) is 11.1. The van der Waals surface area contributed by atoms with Crippen LogP contribution < -0.4 is 0 Å².